The molecule has 5 nitrogen and oxygen atoms in total. The summed E-state index contributed by atoms with van der Waals surface area (Å²) < 4.78 is 0. The summed E-state index contributed by atoms with van der Waals surface area (Å²) in [5.74, 6) is -0.134. The van der Waals surface area contributed by atoms with E-state index in [0.29, 0.717) is 22.6 Å². The molecule has 6 heteroatoms. The van der Waals surface area contributed by atoms with Crippen molar-refractivity contribution in [1.29, 1.82) is 5.26 Å². The number of allylic oxidation sites excluding steroid dienone is 3. The van der Waals surface area contributed by atoms with Gasteiger partial charge in [-0.2, -0.15) is 5.26 Å². The van der Waals surface area contributed by atoms with E-state index >= 15 is 0 Å². The summed E-state index contributed by atoms with van der Waals surface area (Å²) in [6.45, 7) is 0. The molecular weight excluding hydrogens is 398 g/mol. The molecule has 0 saturated carbocycles. The van der Waals surface area contributed by atoms with Gasteiger partial charge in [-0.15, -0.1) is 0 Å². The Kier molecular flexibility index (Phi) is 5.89. The summed E-state index contributed by atoms with van der Waals surface area (Å²) in [6.07, 6.45) is 3.87. The zero-order valence-electron chi connectivity index (χ0n) is 16.4. The minimum absolute atomic E-state index is 0.103. The van der Waals surface area contributed by atoms with Crippen LogP contribution in [0.5, 0.6) is 0 Å². The number of carbonyl (C=O) groups excluding carboxylic acids is 1. The van der Waals surface area contributed by atoms with Crippen LogP contribution >= 0.6 is 11.6 Å². The predicted molar refractivity (Wildman–Crippen MR) is 116 cm³/mol. The van der Waals surface area contributed by atoms with Gasteiger partial charge in [0.1, 0.15) is 0 Å². The molecule has 2 atom stereocenters. The first-order chi connectivity index (χ1) is 14.5. The SMILES string of the molecule is N#Cc1ccc(Cl)c(C2=CCC(C3=C(Cc4ccccc4)C(=O)NC(O)N3)CC2)c1. The van der Waals surface area contributed by atoms with Crippen LogP contribution in [0.3, 0.4) is 0 Å². The van der Waals surface area contributed by atoms with Gasteiger partial charge in [-0.1, -0.05) is 48.0 Å². The molecule has 0 fully saturated rings. The highest BCUT2D eigenvalue weighted by Gasteiger charge is 2.30. The average Bonchev–Trinajstić information content (AvgIpc) is 2.77. The second kappa shape index (κ2) is 8.74. The minimum Gasteiger partial charge on any atom is -0.356 e. The van der Waals surface area contributed by atoms with E-state index in [0.717, 1.165) is 41.7 Å². The van der Waals surface area contributed by atoms with Crippen LogP contribution in [0.4, 0.5) is 0 Å². The summed E-state index contributed by atoms with van der Waals surface area (Å²) in [7, 11) is 0. The van der Waals surface area contributed by atoms with E-state index < -0.39 is 6.35 Å². The van der Waals surface area contributed by atoms with Gasteiger partial charge in [-0.05, 0) is 54.2 Å². The molecule has 0 radical (unpaired) electrons. The maximum atomic E-state index is 12.6. The van der Waals surface area contributed by atoms with Gasteiger partial charge < -0.3 is 15.7 Å². The van der Waals surface area contributed by atoms with Gasteiger partial charge in [0.05, 0.1) is 11.6 Å². The van der Waals surface area contributed by atoms with E-state index in [1.165, 1.54) is 0 Å². The number of benzene rings is 2. The molecule has 0 spiro atoms. The highest BCUT2D eigenvalue weighted by atomic mass is 35.5. The van der Waals surface area contributed by atoms with E-state index in [9.17, 15) is 15.2 Å². The third-order valence-corrected chi connectivity index (χ3v) is 5.97. The van der Waals surface area contributed by atoms with E-state index in [4.69, 9.17) is 11.6 Å². The summed E-state index contributed by atoms with van der Waals surface area (Å²) in [4.78, 5) is 12.6. The lowest BCUT2D eigenvalue weighted by molar-refractivity contribution is -0.122. The lowest BCUT2D eigenvalue weighted by Crippen LogP contribution is -2.52. The molecule has 0 saturated heterocycles. The normalized spacial score (nSPS) is 21.4. The van der Waals surface area contributed by atoms with Crippen molar-refractivity contribution < 1.29 is 9.90 Å². The number of hydrogen-bond donors (Lipinski definition) is 3. The molecule has 0 bridgehead atoms. The molecule has 2 aromatic carbocycles. The summed E-state index contributed by atoms with van der Waals surface area (Å²) >= 11 is 6.37. The van der Waals surface area contributed by atoms with Crippen molar-refractivity contribution in [3.8, 4) is 6.07 Å². The summed E-state index contributed by atoms with van der Waals surface area (Å²) in [5.41, 5.74) is 5.10. The third kappa shape index (κ3) is 4.25. The summed E-state index contributed by atoms with van der Waals surface area (Å²) in [5, 5.41) is 25.5. The molecule has 30 heavy (non-hydrogen) atoms. The van der Waals surface area contributed by atoms with Crippen LogP contribution in [-0.4, -0.2) is 17.4 Å². The minimum atomic E-state index is -1.08. The highest BCUT2D eigenvalue weighted by Crippen LogP contribution is 2.37. The number of nitriles is 1. The third-order valence-electron chi connectivity index (χ3n) is 5.64. The highest BCUT2D eigenvalue weighted by molar-refractivity contribution is 6.32. The molecule has 2 unspecified atom stereocenters. The molecule has 1 amide bonds. The second-order valence-corrected chi connectivity index (χ2v) is 7.99. The Morgan fingerprint density at radius 1 is 1.17 bits per heavy atom. The molecule has 1 aliphatic carbocycles. The number of hydrogen-bond acceptors (Lipinski definition) is 4. The van der Waals surface area contributed by atoms with E-state index in [1.807, 2.05) is 36.4 Å². The first-order valence-corrected chi connectivity index (χ1v) is 10.3. The van der Waals surface area contributed by atoms with Gasteiger partial charge in [0, 0.05) is 28.6 Å². The monoisotopic (exact) mass is 419 g/mol. The second-order valence-electron chi connectivity index (χ2n) is 7.58. The van der Waals surface area contributed by atoms with Crippen molar-refractivity contribution in [2.45, 2.75) is 32.0 Å². The fourth-order valence-corrected chi connectivity index (χ4v) is 4.36. The Balaban J connectivity index is 1.62. The molecule has 2 aliphatic rings. The smallest absolute Gasteiger partial charge is 0.252 e. The topological polar surface area (TPSA) is 85.2 Å². The molecule has 1 heterocycles. The number of rotatable bonds is 4. The Morgan fingerprint density at radius 2 is 1.97 bits per heavy atom. The van der Waals surface area contributed by atoms with Crippen molar-refractivity contribution in [1.82, 2.24) is 10.6 Å². The maximum Gasteiger partial charge on any atom is 0.252 e. The number of aliphatic hydroxyl groups is 1. The number of amides is 1. The number of carbonyl (C=O) groups is 1. The Morgan fingerprint density at radius 3 is 2.67 bits per heavy atom. The Bertz CT molecular complexity index is 1070. The standard InChI is InChI=1S/C24H22ClN3O2/c25-21-11-6-16(14-26)13-19(21)17-7-9-18(10-8-17)22-20(23(29)28-24(30)27-22)12-15-4-2-1-3-5-15/h1-7,11,13,18,24,27,30H,8-10,12H2,(H,28,29). The fraction of sp³-hybridized carbons (Fsp3) is 0.250. The van der Waals surface area contributed by atoms with Crippen molar-refractivity contribution in [2.24, 2.45) is 5.92 Å². The number of nitrogens with one attached hydrogen (secondary N) is 2. The van der Waals surface area contributed by atoms with Crippen LogP contribution < -0.4 is 10.6 Å². The van der Waals surface area contributed by atoms with E-state index in [-0.39, 0.29) is 11.8 Å². The van der Waals surface area contributed by atoms with Crippen LogP contribution in [0.2, 0.25) is 5.02 Å². The van der Waals surface area contributed by atoms with Crippen molar-refractivity contribution in [3.63, 3.8) is 0 Å². The molecule has 152 valence electrons. The van der Waals surface area contributed by atoms with Crippen molar-refractivity contribution in [2.75, 3.05) is 0 Å². The fourth-order valence-electron chi connectivity index (χ4n) is 4.13. The molecular formula is C24H22ClN3O2. The van der Waals surface area contributed by atoms with Gasteiger partial charge in [-0.25, -0.2) is 0 Å². The van der Waals surface area contributed by atoms with Crippen LogP contribution in [0.25, 0.3) is 5.57 Å². The lowest BCUT2D eigenvalue weighted by Gasteiger charge is -2.33. The van der Waals surface area contributed by atoms with Gasteiger partial charge in [0.15, 0.2) is 0 Å². The maximum absolute atomic E-state index is 12.6. The van der Waals surface area contributed by atoms with Gasteiger partial charge in [0.2, 0.25) is 6.35 Å². The first-order valence-electron chi connectivity index (χ1n) is 9.96. The van der Waals surface area contributed by atoms with Crippen LogP contribution in [0.1, 0.15) is 36.0 Å². The van der Waals surface area contributed by atoms with E-state index in [2.05, 4.69) is 22.8 Å². The van der Waals surface area contributed by atoms with Crippen molar-refractivity contribution >= 4 is 23.1 Å². The number of aliphatic hydroxyl groups excluding tert-OH is 1. The van der Waals surface area contributed by atoms with Gasteiger partial charge >= 0.3 is 0 Å². The molecule has 3 N–H and O–H groups in total. The van der Waals surface area contributed by atoms with Gasteiger partial charge in [-0.3, -0.25) is 4.79 Å². The molecule has 4 rings (SSSR count). The van der Waals surface area contributed by atoms with Crippen LogP contribution in [-0.2, 0) is 11.2 Å². The first kappa shape index (κ1) is 20.2. The quantitative estimate of drug-likeness (QED) is 0.701. The van der Waals surface area contributed by atoms with E-state index in [1.54, 1.807) is 12.1 Å². The molecule has 0 aromatic heterocycles. The lowest BCUT2D eigenvalue weighted by atomic mass is 9.82. The number of halogens is 1. The van der Waals surface area contributed by atoms with Crippen LogP contribution in [0.15, 0.2) is 65.9 Å². The van der Waals surface area contributed by atoms with Gasteiger partial charge in [0.25, 0.3) is 5.91 Å². The summed E-state index contributed by atoms with van der Waals surface area (Å²) in [6, 6.07) is 17.3. The Hall–Kier alpha value is -3.07. The zero-order valence-corrected chi connectivity index (χ0v) is 17.1. The van der Waals surface area contributed by atoms with Crippen LogP contribution in [0, 0.1) is 17.2 Å². The molecule has 2 aromatic rings. The largest absolute Gasteiger partial charge is 0.356 e. The zero-order chi connectivity index (χ0) is 21.1. The predicted octanol–water partition coefficient (Wildman–Crippen LogP) is 3.89. The molecule has 1 aliphatic heterocycles. The van der Waals surface area contributed by atoms with Crippen molar-refractivity contribution in [3.05, 3.63) is 87.6 Å². The average molecular weight is 420 g/mol. The Labute approximate surface area is 180 Å². The number of nitrogens with zero attached hydrogens (tertiary/aromatic N) is 1.